The van der Waals surface area contributed by atoms with E-state index in [1.54, 1.807) is 0 Å². The number of allylic oxidation sites excluding steroid dienone is 1. The predicted octanol–water partition coefficient (Wildman–Crippen LogP) is 9.18. The summed E-state index contributed by atoms with van der Waals surface area (Å²) >= 11 is 0. The molecule has 0 aliphatic carbocycles. The molecule has 0 atom stereocenters. The van der Waals surface area contributed by atoms with Gasteiger partial charge in [0.05, 0.1) is 0 Å². The fourth-order valence-electron chi connectivity index (χ4n) is 3.10. The molecule has 0 radical (unpaired) electrons. The predicted molar refractivity (Wildman–Crippen MR) is 107 cm³/mol. The number of rotatable bonds is 4. The smallest absolute Gasteiger partial charge is 0.209 e. The summed E-state index contributed by atoms with van der Waals surface area (Å²) in [6, 6.07) is 7.72. The van der Waals surface area contributed by atoms with Gasteiger partial charge < -0.3 is 0 Å². The monoisotopic (exact) mass is 490 g/mol. The first-order chi connectivity index (χ1) is 15.8. The van der Waals surface area contributed by atoms with Crippen LogP contribution < -0.4 is 0 Å². The van der Waals surface area contributed by atoms with Crippen molar-refractivity contribution in [2.45, 2.75) is 13.1 Å². The van der Waals surface area contributed by atoms with Crippen molar-refractivity contribution < 1.29 is 43.9 Å². The van der Waals surface area contributed by atoms with Gasteiger partial charge in [-0.1, -0.05) is 30.3 Å². The van der Waals surface area contributed by atoms with Crippen LogP contribution in [-0.2, 0) is 6.18 Å². The standard InChI is InChI=1S/C24H12F10/c1-11(25)21(29)13-4-2-12(3-5-13)14-6-7-16(17(26)8-14)23(31)22(30)15-9-18(27)20(19(28)10-15)24(32,33)34/h2-10H,1H3. The van der Waals surface area contributed by atoms with Gasteiger partial charge in [-0.15, -0.1) is 0 Å². The van der Waals surface area contributed by atoms with E-state index < -0.39 is 63.6 Å². The van der Waals surface area contributed by atoms with Crippen LogP contribution >= 0.6 is 0 Å². The van der Waals surface area contributed by atoms with E-state index in [4.69, 9.17) is 0 Å². The average Bonchev–Trinajstić information content (AvgIpc) is 2.76. The Balaban J connectivity index is 1.98. The lowest BCUT2D eigenvalue weighted by atomic mass is 10.0. The van der Waals surface area contributed by atoms with E-state index in [2.05, 4.69) is 0 Å². The molecule has 0 aromatic heterocycles. The van der Waals surface area contributed by atoms with Crippen LogP contribution in [0.3, 0.4) is 0 Å². The minimum Gasteiger partial charge on any atom is -0.209 e. The van der Waals surface area contributed by atoms with Crippen molar-refractivity contribution in [2.24, 2.45) is 0 Å². The summed E-state index contributed by atoms with van der Waals surface area (Å²) in [6.45, 7) is 0.923. The number of alkyl halides is 3. The van der Waals surface area contributed by atoms with Crippen LogP contribution in [0.1, 0.15) is 29.2 Å². The van der Waals surface area contributed by atoms with Crippen molar-refractivity contribution in [2.75, 3.05) is 0 Å². The van der Waals surface area contributed by atoms with Crippen molar-refractivity contribution in [1.29, 1.82) is 0 Å². The average molecular weight is 490 g/mol. The topological polar surface area (TPSA) is 0 Å². The molecule has 0 fully saturated rings. The van der Waals surface area contributed by atoms with Gasteiger partial charge >= 0.3 is 6.18 Å². The van der Waals surface area contributed by atoms with Gasteiger partial charge in [0.25, 0.3) is 0 Å². The lowest BCUT2D eigenvalue weighted by Gasteiger charge is -2.11. The van der Waals surface area contributed by atoms with E-state index >= 15 is 0 Å². The fourth-order valence-corrected chi connectivity index (χ4v) is 3.10. The van der Waals surface area contributed by atoms with Crippen LogP contribution in [-0.4, -0.2) is 0 Å². The van der Waals surface area contributed by atoms with Gasteiger partial charge in [0.2, 0.25) is 0 Å². The molecule has 0 bridgehead atoms. The first-order valence-electron chi connectivity index (χ1n) is 9.35. The highest BCUT2D eigenvalue weighted by molar-refractivity contribution is 5.84. The van der Waals surface area contributed by atoms with Crippen LogP contribution in [0.25, 0.3) is 28.6 Å². The Morgan fingerprint density at radius 3 is 1.59 bits per heavy atom. The van der Waals surface area contributed by atoms with Gasteiger partial charge in [-0.2, -0.15) is 13.2 Å². The molecule has 0 amide bonds. The molecule has 178 valence electrons. The molecule has 0 nitrogen and oxygen atoms in total. The highest BCUT2D eigenvalue weighted by atomic mass is 19.4. The summed E-state index contributed by atoms with van der Waals surface area (Å²) in [7, 11) is 0. The second-order valence-electron chi connectivity index (χ2n) is 7.06. The second-order valence-corrected chi connectivity index (χ2v) is 7.06. The van der Waals surface area contributed by atoms with Crippen LogP contribution in [0.4, 0.5) is 43.9 Å². The molecule has 0 heterocycles. The normalized spacial score (nSPS) is 13.5. The van der Waals surface area contributed by atoms with Crippen molar-refractivity contribution in [3.63, 3.8) is 0 Å². The Bertz CT molecular complexity index is 1270. The number of hydrogen-bond acceptors (Lipinski definition) is 0. The lowest BCUT2D eigenvalue weighted by molar-refractivity contribution is -0.142. The van der Waals surface area contributed by atoms with Gasteiger partial charge in [0.15, 0.2) is 17.5 Å². The van der Waals surface area contributed by atoms with Gasteiger partial charge in [0.1, 0.15) is 28.8 Å². The summed E-state index contributed by atoms with van der Waals surface area (Å²) in [5.41, 5.74) is -4.04. The van der Waals surface area contributed by atoms with E-state index in [0.717, 1.165) is 25.1 Å². The maximum absolute atomic E-state index is 14.5. The zero-order valence-electron chi connectivity index (χ0n) is 17.0. The molecule has 0 aliphatic rings. The van der Waals surface area contributed by atoms with E-state index in [1.165, 1.54) is 24.3 Å². The molecule has 0 N–H and O–H groups in total. The van der Waals surface area contributed by atoms with E-state index in [-0.39, 0.29) is 23.3 Å². The Morgan fingerprint density at radius 2 is 1.12 bits per heavy atom. The number of hydrogen-bond donors (Lipinski definition) is 0. The Labute approximate surface area is 186 Å². The molecule has 0 saturated carbocycles. The zero-order valence-corrected chi connectivity index (χ0v) is 17.0. The maximum Gasteiger partial charge on any atom is 0.422 e. The lowest BCUT2D eigenvalue weighted by Crippen LogP contribution is -2.11. The SMILES string of the molecule is CC(F)=C(F)c1ccc(-c2ccc(C(F)=C(F)c3cc(F)c(C(F)(F)F)c(F)c3)c(F)c2)cc1. The van der Waals surface area contributed by atoms with E-state index in [9.17, 15) is 43.9 Å². The largest absolute Gasteiger partial charge is 0.422 e. The molecular formula is C24H12F10. The summed E-state index contributed by atoms with van der Waals surface area (Å²) in [5, 5.41) is 0. The first kappa shape index (κ1) is 25.1. The third kappa shape index (κ3) is 5.00. The molecular weight excluding hydrogens is 478 g/mol. The minimum atomic E-state index is -5.40. The van der Waals surface area contributed by atoms with Crippen molar-refractivity contribution >= 4 is 17.5 Å². The fraction of sp³-hybridized carbons (Fsp3) is 0.0833. The Morgan fingerprint density at radius 1 is 0.588 bits per heavy atom. The van der Waals surface area contributed by atoms with Gasteiger partial charge in [-0.3, -0.25) is 0 Å². The molecule has 10 heteroatoms. The number of benzene rings is 3. The highest BCUT2D eigenvalue weighted by Crippen LogP contribution is 2.37. The highest BCUT2D eigenvalue weighted by Gasteiger charge is 2.38. The van der Waals surface area contributed by atoms with Gasteiger partial charge in [-0.25, -0.2) is 30.7 Å². The second kappa shape index (κ2) is 9.36. The first-order valence-corrected chi connectivity index (χ1v) is 9.35. The van der Waals surface area contributed by atoms with Crippen LogP contribution in [0.2, 0.25) is 0 Å². The van der Waals surface area contributed by atoms with Crippen LogP contribution in [0.15, 0.2) is 60.4 Å². The van der Waals surface area contributed by atoms with E-state index in [1.807, 2.05) is 0 Å². The summed E-state index contributed by atoms with van der Waals surface area (Å²) in [6.07, 6.45) is -5.40. The molecule has 3 aromatic rings. The molecule has 34 heavy (non-hydrogen) atoms. The molecule has 3 rings (SSSR count). The Hall–Kier alpha value is -3.56. The summed E-state index contributed by atoms with van der Waals surface area (Å²) in [4.78, 5) is 0. The van der Waals surface area contributed by atoms with Gasteiger partial charge in [-0.05, 0) is 42.3 Å². The summed E-state index contributed by atoms with van der Waals surface area (Å²) in [5.74, 6) is -11.6. The summed E-state index contributed by atoms with van der Waals surface area (Å²) < 4.78 is 135. The molecule has 0 unspecified atom stereocenters. The minimum absolute atomic E-state index is 0.0542. The molecule has 0 spiro atoms. The van der Waals surface area contributed by atoms with Crippen molar-refractivity contribution in [3.8, 4) is 11.1 Å². The maximum atomic E-state index is 14.5. The molecule has 0 aliphatic heterocycles. The molecule has 0 saturated heterocycles. The van der Waals surface area contributed by atoms with Crippen molar-refractivity contribution in [3.05, 3.63) is 100 Å². The van der Waals surface area contributed by atoms with Gasteiger partial charge in [0, 0.05) is 16.7 Å². The van der Waals surface area contributed by atoms with Crippen molar-refractivity contribution in [1.82, 2.24) is 0 Å². The molecule has 3 aromatic carbocycles. The van der Waals surface area contributed by atoms with E-state index in [0.29, 0.717) is 5.56 Å². The van der Waals surface area contributed by atoms with Crippen LogP contribution in [0, 0.1) is 17.5 Å². The third-order valence-corrected chi connectivity index (χ3v) is 4.75. The zero-order chi connectivity index (χ0) is 25.4. The third-order valence-electron chi connectivity index (χ3n) is 4.75. The quantitative estimate of drug-likeness (QED) is 0.253. The number of halogens is 10. The van der Waals surface area contributed by atoms with Crippen LogP contribution in [0.5, 0.6) is 0 Å². The Kier molecular flexibility index (Phi) is 6.90.